The molecule has 126 valence electrons. The highest BCUT2D eigenvalue weighted by Crippen LogP contribution is 2.29. The summed E-state index contributed by atoms with van der Waals surface area (Å²) >= 11 is 0. The highest BCUT2D eigenvalue weighted by molar-refractivity contribution is 5.90. The molecular formula is C19H21NO4. The Morgan fingerprint density at radius 1 is 1.25 bits per heavy atom. The average Bonchev–Trinajstić information content (AvgIpc) is 3.01. The van der Waals surface area contributed by atoms with Gasteiger partial charge < -0.3 is 14.5 Å². The number of esters is 1. The summed E-state index contributed by atoms with van der Waals surface area (Å²) in [5, 5.41) is 2.99. The molecular weight excluding hydrogens is 306 g/mol. The van der Waals surface area contributed by atoms with Gasteiger partial charge in [-0.2, -0.15) is 0 Å². The monoisotopic (exact) mass is 327 g/mol. The Balaban J connectivity index is 1.62. The van der Waals surface area contributed by atoms with Gasteiger partial charge in [0.2, 0.25) is 5.76 Å². The van der Waals surface area contributed by atoms with E-state index in [1.165, 1.54) is 5.56 Å². The Labute approximate surface area is 141 Å². The number of hydrogen-bond donors (Lipinski definition) is 1. The smallest absolute Gasteiger partial charge is 0.375 e. The van der Waals surface area contributed by atoms with E-state index in [1.807, 2.05) is 18.2 Å². The summed E-state index contributed by atoms with van der Waals surface area (Å²) in [6.07, 6.45) is 2.07. The predicted molar refractivity (Wildman–Crippen MR) is 88.6 cm³/mol. The largest absolute Gasteiger partial charge is 0.454 e. The SMILES string of the molecule is Cc1ccc(C(=O)OC(C)C(=O)NC2CCCc3ccccc32)o1. The molecule has 0 saturated carbocycles. The molecule has 1 N–H and O–H groups in total. The molecule has 0 aliphatic heterocycles. The standard InChI is InChI=1S/C19H21NO4/c1-12-10-11-17(23-12)19(22)24-13(2)18(21)20-16-9-5-7-14-6-3-4-8-15(14)16/h3-4,6,8,10-11,13,16H,5,7,9H2,1-2H3,(H,20,21). The molecule has 1 amide bonds. The van der Waals surface area contributed by atoms with Crippen molar-refractivity contribution in [2.24, 2.45) is 0 Å². The van der Waals surface area contributed by atoms with Gasteiger partial charge in [0.25, 0.3) is 5.91 Å². The molecule has 1 aromatic heterocycles. The van der Waals surface area contributed by atoms with Crippen molar-refractivity contribution in [3.05, 3.63) is 59.0 Å². The number of furan rings is 1. The van der Waals surface area contributed by atoms with Crippen molar-refractivity contribution in [3.63, 3.8) is 0 Å². The fourth-order valence-electron chi connectivity index (χ4n) is 3.01. The van der Waals surface area contributed by atoms with Gasteiger partial charge in [0.1, 0.15) is 5.76 Å². The fourth-order valence-corrected chi connectivity index (χ4v) is 3.01. The van der Waals surface area contributed by atoms with Crippen molar-refractivity contribution in [1.29, 1.82) is 0 Å². The number of ether oxygens (including phenoxy) is 1. The molecule has 2 aromatic rings. The molecule has 0 bridgehead atoms. The van der Waals surface area contributed by atoms with Gasteiger partial charge >= 0.3 is 5.97 Å². The topological polar surface area (TPSA) is 68.5 Å². The van der Waals surface area contributed by atoms with Crippen molar-refractivity contribution >= 4 is 11.9 Å². The van der Waals surface area contributed by atoms with Gasteiger partial charge in [0.05, 0.1) is 6.04 Å². The van der Waals surface area contributed by atoms with E-state index < -0.39 is 12.1 Å². The van der Waals surface area contributed by atoms with Crippen molar-refractivity contribution in [1.82, 2.24) is 5.32 Å². The van der Waals surface area contributed by atoms with Crippen molar-refractivity contribution < 1.29 is 18.7 Å². The number of amides is 1. The molecule has 5 heteroatoms. The van der Waals surface area contributed by atoms with Crippen LogP contribution >= 0.6 is 0 Å². The molecule has 1 aliphatic rings. The molecule has 1 aliphatic carbocycles. The maximum Gasteiger partial charge on any atom is 0.375 e. The van der Waals surface area contributed by atoms with Crippen LogP contribution in [0.5, 0.6) is 0 Å². The first-order chi connectivity index (χ1) is 11.5. The van der Waals surface area contributed by atoms with Gasteiger partial charge in [0.15, 0.2) is 6.10 Å². The summed E-state index contributed by atoms with van der Waals surface area (Å²) in [7, 11) is 0. The molecule has 2 atom stereocenters. The Hall–Kier alpha value is -2.56. The summed E-state index contributed by atoms with van der Waals surface area (Å²) < 4.78 is 10.4. The van der Waals surface area contributed by atoms with Gasteiger partial charge in [0, 0.05) is 0 Å². The van der Waals surface area contributed by atoms with E-state index in [9.17, 15) is 9.59 Å². The highest BCUT2D eigenvalue weighted by Gasteiger charge is 2.26. The molecule has 2 unspecified atom stereocenters. The number of rotatable bonds is 4. The number of carbonyl (C=O) groups is 2. The summed E-state index contributed by atoms with van der Waals surface area (Å²) in [6.45, 7) is 3.31. The van der Waals surface area contributed by atoms with Gasteiger partial charge in [-0.25, -0.2) is 4.79 Å². The van der Waals surface area contributed by atoms with Crippen LogP contribution in [0.2, 0.25) is 0 Å². The van der Waals surface area contributed by atoms with E-state index in [1.54, 1.807) is 26.0 Å². The van der Waals surface area contributed by atoms with Crippen LogP contribution in [0.4, 0.5) is 0 Å². The zero-order chi connectivity index (χ0) is 17.1. The van der Waals surface area contributed by atoms with E-state index in [-0.39, 0.29) is 17.7 Å². The third kappa shape index (κ3) is 3.50. The third-order valence-corrected chi connectivity index (χ3v) is 4.28. The minimum absolute atomic E-state index is 0.0329. The summed E-state index contributed by atoms with van der Waals surface area (Å²) in [4.78, 5) is 24.3. The van der Waals surface area contributed by atoms with Crippen LogP contribution in [0.15, 0.2) is 40.8 Å². The van der Waals surface area contributed by atoms with E-state index in [4.69, 9.17) is 9.15 Å². The lowest BCUT2D eigenvalue weighted by Gasteiger charge is -2.27. The molecule has 1 aromatic carbocycles. The molecule has 0 saturated heterocycles. The fraction of sp³-hybridized carbons (Fsp3) is 0.368. The van der Waals surface area contributed by atoms with E-state index in [0.29, 0.717) is 5.76 Å². The maximum absolute atomic E-state index is 12.4. The van der Waals surface area contributed by atoms with Crippen LogP contribution in [-0.2, 0) is 16.0 Å². The molecule has 3 rings (SSSR count). The number of nitrogens with one attached hydrogen (secondary N) is 1. The van der Waals surface area contributed by atoms with Crippen LogP contribution in [0.25, 0.3) is 0 Å². The number of benzene rings is 1. The summed E-state index contributed by atoms with van der Waals surface area (Å²) in [5.41, 5.74) is 2.42. The van der Waals surface area contributed by atoms with Gasteiger partial charge in [-0.15, -0.1) is 0 Å². The van der Waals surface area contributed by atoms with Crippen molar-refractivity contribution in [2.75, 3.05) is 0 Å². The summed E-state index contributed by atoms with van der Waals surface area (Å²) in [5.74, 6) is -0.198. The molecule has 0 spiro atoms. The molecule has 24 heavy (non-hydrogen) atoms. The lowest BCUT2D eigenvalue weighted by atomic mass is 9.87. The number of aryl methyl sites for hydroxylation is 2. The third-order valence-electron chi connectivity index (χ3n) is 4.28. The molecule has 0 radical (unpaired) electrons. The second-order valence-corrected chi connectivity index (χ2v) is 6.11. The predicted octanol–water partition coefficient (Wildman–Crippen LogP) is 3.33. The minimum Gasteiger partial charge on any atom is -0.454 e. The quantitative estimate of drug-likeness (QED) is 0.875. The van der Waals surface area contributed by atoms with Crippen molar-refractivity contribution in [2.45, 2.75) is 45.3 Å². The second kappa shape index (κ2) is 6.91. The molecule has 5 nitrogen and oxygen atoms in total. The first-order valence-corrected chi connectivity index (χ1v) is 8.20. The van der Waals surface area contributed by atoms with Gasteiger partial charge in [-0.05, 0) is 56.4 Å². The van der Waals surface area contributed by atoms with Crippen LogP contribution in [0.3, 0.4) is 0 Å². The Morgan fingerprint density at radius 3 is 2.79 bits per heavy atom. The van der Waals surface area contributed by atoms with Crippen LogP contribution in [-0.4, -0.2) is 18.0 Å². The van der Waals surface area contributed by atoms with E-state index in [0.717, 1.165) is 24.8 Å². The summed E-state index contributed by atoms with van der Waals surface area (Å²) in [6, 6.07) is 11.3. The molecule has 1 heterocycles. The van der Waals surface area contributed by atoms with E-state index in [2.05, 4.69) is 11.4 Å². The number of carbonyl (C=O) groups excluding carboxylic acids is 2. The Bertz CT molecular complexity index is 749. The van der Waals surface area contributed by atoms with Crippen LogP contribution < -0.4 is 5.32 Å². The van der Waals surface area contributed by atoms with Crippen molar-refractivity contribution in [3.8, 4) is 0 Å². The van der Waals surface area contributed by atoms with Crippen LogP contribution in [0.1, 0.15) is 53.2 Å². The van der Waals surface area contributed by atoms with Gasteiger partial charge in [-0.1, -0.05) is 24.3 Å². The first-order valence-electron chi connectivity index (χ1n) is 8.20. The second-order valence-electron chi connectivity index (χ2n) is 6.11. The lowest BCUT2D eigenvalue weighted by Crippen LogP contribution is -2.39. The first kappa shape index (κ1) is 16.3. The zero-order valence-corrected chi connectivity index (χ0v) is 13.9. The zero-order valence-electron chi connectivity index (χ0n) is 13.9. The number of fused-ring (bicyclic) bond motifs is 1. The number of hydrogen-bond acceptors (Lipinski definition) is 4. The molecule has 0 fully saturated rings. The lowest BCUT2D eigenvalue weighted by molar-refractivity contribution is -0.130. The highest BCUT2D eigenvalue weighted by atomic mass is 16.6. The van der Waals surface area contributed by atoms with E-state index >= 15 is 0 Å². The normalized spacial score (nSPS) is 17.7. The Kier molecular flexibility index (Phi) is 4.69. The minimum atomic E-state index is -0.878. The maximum atomic E-state index is 12.4. The van der Waals surface area contributed by atoms with Crippen LogP contribution in [0, 0.1) is 6.92 Å². The Morgan fingerprint density at radius 2 is 2.04 bits per heavy atom. The average molecular weight is 327 g/mol. The van der Waals surface area contributed by atoms with Gasteiger partial charge in [-0.3, -0.25) is 4.79 Å².